The molecule has 2 aromatic carbocycles. The second-order valence-electron chi connectivity index (χ2n) is 8.16. The molecule has 3 aromatic rings. The molecule has 17 heteroatoms. The van der Waals surface area contributed by atoms with E-state index in [4.69, 9.17) is 23.2 Å². The van der Waals surface area contributed by atoms with Crippen molar-refractivity contribution in [1.82, 2.24) is 0 Å². The molecule has 7 N–H and O–H groups in total. The molecule has 1 fully saturated rings. The smallest absolute Gasteiger partial charge is 0.446 e. The van der Waals surface area contributed by atoms with Crippen molar-refractivity contribution in [1.29, 1.82) is 0 Å². The molecule has 1 aliphatic heterocycles. The number of benzene rings is 2. The molecule has 1 saturated heterocycles. The molecule has 16 nitrogen and oxygen atoms in total. The third-order valence-corrected chi connectivity index (χ3v) is 6.00. The van der Waals surface area contributed by atoms with Crippen LogP contribution in [0.4, 0.5) is 0 Å². The Hall–Kier alpha value is -4.13. The van der Waals surface area contributed by atoms with Gasteiger partial charge >= 0.3 is 16.4 Å². The van der Waals surface area contributed by atoms with Crippen molar-refractivity contribution in [2.24, 2.45) is 0 Å². The number of methoxy groups -OCH3 is 1. The molecule has 1 aliphatic rings. The van der Waals surface area contributed by atoms with Crippen LogP contribution in [0.2, 0.25) is 0 Å². The molecule has 2 unspecified atom stereocenters. The Balaban J connectivity index is 1.94. The van der Waals surface area contributed by atoms with E-state index in [1.165, 1.54) is 19.2 Å². The topological polar surface area (TPSA) is 260 Å². The van der Waals surface area contributed by atoms with Crippen molar-refractivity contribution in [3.05, 3.63) is 40.6 Å². The molecule has 0 radical (unpaired) electrons. The van der Waals surface area contributed by atoms with Crippen LogP contribution >= 0.6 is 0 Å². The van der Waals surface area contributed by atoms with Crippen LogP contribution in [-0.4, -0.2) is 87.4 Å². The van der Waals surface area contributed by atoms with Gasteiger partial charge in [-0.3, -0.25) is 9.35 Å². The highest BCUT2D eigenvalue weighted by molar-refractivity contribution is 7.81. The van der Waals surface area contributed by atoms with Crippen molar-refractivity contribution < 1.29 is 71.2 Å². The number of phenolic OH excluding ortho intramolecular Hbond substituents is 2. The average Bonchev–Trinajstić information content (AvgIpc) is 2.84. The number of carboxylic acids is 1. The van der Waals surface area contributed by atoms with Gasteiger partial charge in [-0.15, -0.1) is 0 Å². The van der Waals surface area contributed by atoms with Gasteiger partial charge in [0, 0.05) is 17.7 Å². The highest BCUT2D eigenvalue weighted by Crippen LogP contribution is 2.40. The quantitative estimate of drug-likeness (QED) is 0.173. The van der Waals surface area contributed by atoms with Crippen molar-refractivity contribution in [2.75, 3.05) is 7.11 Å². The van der Waals surface area contributed by atoms with E-state index in [-0.39, 0.29) is 17.1 Å². The summed E-state index contributed by atoms with van der Waals surface area (Å²) in [5.74, 6) is -4.99. The van der Waals surface area contributed by atoms with Crippen molar-refractivity contribution >= 4 is 27.3 Å². The number of fused-ring (bicyclic) bond motifs is 1. The van der Waals surface area contributed by atoms with Crippen LogP contribution < -0.4 is 19.1 Å². The average molecular weight is 572 g/mol. The zero-order valence-corrected chi connectivity index (χ0v) is 20.3. The number of ether oxygens (including phenoxy) is 3. The fourth-order valence-corrected chi connectivity index (χ4v) is 4.15. The molecule has 4 rings (SSSR count). The normalized spacial score (nSPS) is 23.4. The van der Waals surface area contributed by atoms with Gasteiger partial charge in [-0.05, 0) is 18.2 Å². The Morgan fingerprint density at radius 1 is 1.00 bits per heavy atom. The van der Waals surface area contributed by atoms with E-state index in [0.29, 0.717) is 6.07 Å². The summed E-state index contributed by atoms with van der Waals surface area (Å²) in [6.07, 6.45) is -10.4. The second-order valence-corrected chi connectivity index (χ2v) is 9.18. The summed E-state index contributed by atoms with van der Waals surface area (Å²) in [4.78, 5) is 25.0. The lowest BCUT2D eigenvalue weighted by Gasteiger charge is -2.38. The fourth-order valence-electron chi connectivity index (χ4n) is 3.81. The number of aliphatic hydroxyl groups is 3. The maximum atomic E-state index is 13.5. The van der Waals surface area contributed by atoms with Crippen LogP contribution in [0.1, 0.15) is 0 Å². The Labute approximate surface area is 217 Å². The predicted octanol–water partition coefficient (Wildman–Crippen LogP) is -0.668. The largest absolute Gasteiger partial charge is 0.507 e. The number of rotatable bonds is 7. The molecule has 0 aliphatic carbocycles. The van der Waals surface area contributed by atoms with Crippen LogP contribution in [0.15, 0.2) is 39.5 Å². The number of phenols is 2. The van der Waals surface area contributed by atoms with E-state index in [0.717, 1.165) is 12.1 Å². The maximum absolute atomic E-state index is 13.5. The van der Waals surface area contributed by atoms with Crippen LogP contribution in [0.3, 0.4) is 0 Å². The third kappa shape index (κ3) is 5.39. The van der Waals surface area contributed by atoms with Gasteiger partial charge < -0.3 is 53.4 Å². The van der Waals surface area contributed by atoms with E-state index in [1.807, 2.05) is 0 Å². The minimum absolute atomic E-state index is 0.0279. The number of aromatic hydroxyl groups is 2. The summed E-state index contributed by atoms with van der Waals surface area (Å²) in [7, 11) is -3.82. The van der Waals surface area contributed by atoms with Gasteiger partial charge in [0.05, 0.1) is 7.11 Å². The predicted molar refractivity (Wildman–Crippen MR) is 125 cm³/mol. The zero-order chi connectivity index (χ0) is 28.8. The summed E-state index contributed by atoms with van der Waals surface area (Å²) in [6, 6.07) is 5.05. The van der Waals surface area contributed by atoms with E-state index in [1.54, 1.807) is 0 Å². The number of carbonyl (C=O) groups is 1. The van der Waals surface area contributed by atoms with E-state index in [9.17, 15) is 48.6 Å². The molecule has 39 heavy (non-hydrogen) atoms. The van der Waals surface area contributed by atoms with Gasteiger partial charge in [0.2, 0.25) is 17.5 Å². The van der Waals surface area contributed by atoms with Crippen LogP contribution in [0.5, 0.6) is 28.7 Å². The van der Waals surface area contributed by atoms with Gasteiger partial charge in [-0.1, -0.05) is 0 Å². The molecule has 0 bridgehead atoms. The maximum Gasteiger partial charge on any atom is 0.446 e. The van der Waals surface area contributed by atoms with Gasteiger partial charge in [-0.2, -0.15) is 8.42 Å². The molecule has 0 amide bonds. The van der Waals surface area contributed by atoms with Crippen LogP contribution in [0.25, 0.3) is 22.3 Å². The van der Waals surface area contributed by atoms with Gasteiger partial charge in [-0.25, -0.2) is 4.79 Å². The van der Waals surface area contributed by atoms with Gasteiger partial charge in [0.15, 0.2) is 29.1 Å². The molecule has 0 saturated carbocycles. The summed E-state index contributed by atoms with van der Waals surface area (Å²) < 4.78 is 56.8. The minimum atomic E-state index is -5.04. The van der Waals surface area contributed by atoms with E-state index >= 15 is 0 Å². The lowest BCUT2D eigenvalue weighted by atomic mass is 9.99. The molecule has 2 heterocycles. The number of hydrogen-bond acceptors (Lipinski definition) is 14. The summed E-state index contributed by atoms with van der Waals surface area (Å²) in [6.45, 7) is 0. The van der Waals surface area contributed by atoms with Crippen molar-refractivity contribution in [2.45, 2.75) is 30.7 Å². The van der Waals surface area contributed by atoms with E-state index in [2.05, 4.69) is 4.18 Å². The Morgan fingerprint density at radius 2 is 1.69 bits per heavy atom. The first-order valence-corrected chi connectivity index (χ1v) is 12.1. The first kappa shape index (κ1) is 27.9. The zero-order valence-electron chi connectivity index (χ0n) is 19.5. The molecule has 210 valence electrons. The Morgan fingerprint density at radius 3 is 2.31 bits per heavy atom. The number of aliphatic hydroxyl groups excluding tert-OH is 3. The van der Waals surface area contributed by atoms with Crippen molar-refractivity contribution in [3.8, 4) is 40.1 Å². The van der Waals surface area contributed by atoms with E-state index < -0.39 is 86.5 Å². The second kappa shape index (κ2) is 10.2. The minimum Gasteiger partial charge on any atom is -0.507 e. The number of carboxylic acid groups (broad SMARTS) is 1. The monoisotopic (exact) mass is 572 g/mol. The number of aliphatic carboxylic acids is 1. The van der Waals surface area contributed by atoms with Gasteiger partial charge in [0.1, 0.15) is 35.0 Å². The molecule has 5 atom stereocenters. The third-order valence-electron chi connectivity index (χ3n) is 5.60. The Bertz CT molecular complexity index is 1600. The molecule has 1 aromatic heterocycles. The molecular formula is C22H20O16S. The first-order valence-electron chi connectivity index (χ1n) is 10.7. The first-order chi connectivity index (χ1) is 18.2. The molecule has 0 spiro atoms. The SMILES string of the molecule is COc1cc(-c2oc3cc(OS(=O)(=O)O)cc(O)c3c(=O)c2O[C@@H]2O[C@H](C(=O)O)[C@@H](O)C(O)C2O)ccc1O. The number of hydrogen-bond donors (Lipinski definition) is 7. The summed E-state index contributed by atoms with van der Waals surface area (Å²) >= 11 is 0. The van der Waals surface area contributed by atoms with Gasteiger partial charge in [0.25, 0.3) is 0 Å². The Kier molecular flexibility index (Phi) is 7.30. The summed E-state index contributed by atoms with van der Waals surface area (Å²) in [5, 5.41) is 59.5. The van der Waals surface area contributed by atoms with Crippen LogP contribution in [0, 0.1) is 0 Å². The van der Waals surface area contributed by atoms with Crippen LogP contribution in [-0.2, 0) is 19.9 Å². The lowest BCUT2D eigenvalue weighted by Crippen LogP contribution is -2.61. The lowest BCUT2D eigenvalue weighted by molar-refractivity contribution is -0.271. The fraction of sp³-hybridized carbons (Fsp3) is 0.273. The highest BCUT2D eigenvalue weighted by atomic mass is 32.3. The highest BCUT2D eigenvalue weighted by Gasteiger charge is 2.48. The molecular weight excluding hydrogens is 552 g/mol. The standard InChI is InChI=1S/C22H20O16S/c1-34-11-4-7(2-3-9(11)23)18-19(36-22-17(28)15(26)16(27)20(37-22)21(29)30)14(25)13-10(24)5-8(6-12(13)35-18)38-39(31,32)33/h2-6,15-17,20,22-24,26-28H,1H3,(H,29,30)(H,31,32,33)/t15?,16-,17?,20-,22+/m0/s1. The summed E-state index contributed by atoms with van der Waals surface area (Å²) in [5.41, 5.74) is -1.67. The van der Waals surface area contributed by atoms with Crippen molar-refractivity contribution in [3.63, 3.8) is 0 Å².